The normalized spacial score (nSPS) is 16.9. The van der Waals surface area contributed by atoms with Crippen LogP contribution < -0.4 is 10.2 Å². The topological polar surface area (TPSA) is 61.4 Å². The van der Waals surface area contributed by atoms with Crippen molar-refractivity contribution < 1.29 is 4.79 Å². The first kappa shape index (κ1) is 19.9. The maximum Gasteiger partial charge on any atom is 0.239 e. The van der Waals surface area contributed by atoms with Crippen LogP contribution in [0, 0.1) is 0 Å². The van der Waals surface area contributed by atoms with E-state index in [0.717, 1.165) is 18.7 Å². The fraction of sp³-hybridized carbons (Fsp3) is 0.421. The number of hydrogen-bond donors (Lipinski definition) is 1. The number of halogens is 2. The van der Waals surface area contributed by atoms with E-state index in [1.165, 1.54) is 0 Å². The van der Waals surface area contributed by atoms with Gasteiger partial charge in [0, 0.05) is 54.7 Å². The molecule has 1 aromatic carbocycles. The van der Waals surface area contributed by atoms with Crippen molar-refractivity contribution in [2.24, 2.45) is 0 Å². The zero-order valence-corrected chi connectivity index (χ0v) is 16.9. The standard InChI is InChI=1S/C19H23Cl2N5O/c1-13(16-5-4-15(20)12-17(16)21)24-14(2)18(27)25-8-10-26(11-9-25)19-22-6-3-7-23-19/h3-7,12-14,24H,8-11H2,1-2H3. The summed E-state index contributed by atoms with van der Waals surface area (Å²) >= 11 is 12.2. The Hall–Kier alpha value is -1.89. The molecule has 0 saturated carbocycles. The van der Waals surface area contributed by atoms with E-state index in [2.05, 4.69) is 20.2 Å². The maximum absolute atomic E-state index is 12.8. The van der Waals surface area contributed by atoms with Crippen molar-refractivity contribution in [3.8, 4) is 0 Å². The highest BCUT2D eigenvalue weighted by atomic mass is 35.5. The minimum absolute atomic E-state index is 0.0623. The number of nitrogens with zero attached hydrogens (tertiary/aromatic N) is 4. The predicted molar refractivity (Wildman–Crippen MR) is 108 cm³/mol. The third kappa shape index (κ3) is 4.89. The van der Waals surface area contributed by atoms with Gasteiger partial charge in [-0.05, 0) is 37.6 Å². The molecule has 1 fully saturated rings. The van der Waals surface area contributed by atoms with Crippen LogP contribution >= 0.6 is 23.2 Å². The van der Waals surface area contributed by atoms with Gasteiger partial charge in [0.05, 0.1) is 6.04 Å². The number of carbonyl (C=O) groups is 1. The molecule has 0 aliphatic carbocycles. The predicted octanol–water partition coefficient (Wildman–Crippen LogP) is 3.17. The molecule has 1 aliphatic heterocycles. The molecule has 0 radical (unpaired) electrons. The summed E-state index contributed by atoms with van der Waals surface area (Å²) in [7, 11) is 0. The van der Waals surface area contributed by atoms with Gasteiger partial charge in [0.25, 0.3) is 0 Å². The Morgan fingerprint density at radius 1 is 1.11 bits per heavy atom. The van der Waals surface area contributed by atoms with Gasteiger partial charge in [0.2, 0.25) is 11.9 Å². The molecule has 0 bridgehead atoms. The number of amides is 1. The minimum Gasteiger partial charge on any atom is -0.338 e. The average Bonchev–Trinajstić information content (AvgIpc) is 2.68. The second-order valence-electron chi connectivity index (χ2n) is 6.64. The van der Waals surface area contributed by atoms with E-state index < -0.39 is 0 Å². The first-order chi connectivity index (χ1) is 13.0. The molecule has 8 heteroatoms. The smallest absolute Gasteiger partial charge is 0.239 e. The molecule has 1 aromatic heterocycles. The molecule has 1 saturated heterocycles. The SMILES string of the molecule is CC(NC(C)c1ccc(Cl)cc1Cl)C(=O)N1CCN(c2ncccn2)CC1. The Labute approximate surface area is 169 Å². The number of piperazine rings is 1. The lowest BCUT2D eigenvalue weighted by molar-refractivity contribution is -0.133. The van der Waals surface area contributed by atoms with E-state index >= 15 is 0 Å². The van der Waals surface area contributed by atoms with Crippen molar-refractivity contribution in [1.29, 1.82) is 0 Å². The summed E-state index contributed by atoms with van der Waals surface area (Å²) < 4.78 is 0. The van der Waals surface area contributed by atoms with Crippen molar-refractivity contribution in [2.45, 2.75) is 25.9 Å². The molecule has 1 aliphatic rings. The van der Waals surface area contributed by atoms with Crippen molar-refractivity contribution in [2.75, 3.05) is 31.1 Å². The van der Waals surface area contributed by atoms with Gasteiger partial charge in [0.1, 0.15) is 0 Å². The zero-order chi connectivity index (χ0) is 19.4. The van der Waals surface area contributed by atoms with Gasteiger partial charge in [0.15, 0.2) is 0 Å². The van der Waals surface area contributed by atoms with E-state index in [4.69, 9.17) is 23.2 Å². The third-order valence-electron chi connectivity index (χ3n) is 4.73. The average molecular weight is 408 g/mol. The van der Waals surface area contributed by atoms with Crippen molar-refractivity contribution in [3.63, 3.8) is 0 Å². The van der Waals surface area contributed by atoms with Crippen LogP contribution in [0.2, 0.25) is 10.0 Å². The van der Waals surface area contributed by atoms with Crippen LogP contribution in [0.15, 0.2) is 36.7 Å². The van der Waals surface area contributed by atoms with E-state index in [9.17, 15) is 4.79 Å². The Morgan fingerprint density at radius 3 is 2.41 bits per heavy atom. The second kappa shape index (κ2) is 8.87. The minimum atomic E-state index is -0.314. The van der Waals surface area contributed by atoms with E-state index in [1.54, 1.807) is 30.6 Å². The number of nitrogens with one attached hydrogen (secondary N) is 1. The molecule has 27 heavy (non-hydrogen) atoms. The molecule has 2 aromatic rings. The Balaban J connectivity index is 1.55. The largest absolute Gasteiger partial charge is 0.338 e. The number of carbonyl (C=O) groups excluding carboxylic acids is 1. The molecule has 1 N–H and O–H groups in total. The van der Waals surface area contributed by atoms with Crippen LogP contribution in [0.1, 0.15) is 25.5 Å². The summed E-state index contributed by atoms with van der Waals surface area (Å²) in [5.74, 6) is 0.794. The lowest BCUT2D eigenvalue weighted by atomic mass is 10.1. The quantitative estimate of drug-likeness (QED) is 0.824. The van der Waals surface area contributed by atoms with Crippen LogP contribution in [0.4, 0.5) is 5.95 Å². The molecule has 2 heterocycles. The summed E-state index contributed by atoms with van der Waals surface area (Å²) in [6.45, 7) is 6.62. The van der Waals surface area contributed by atoms with Crippen molar-refractivity contribution >= 4 is 35.1 Å². The fourth-order valence-corrected chi connectivity index (χ4v) is 3.82. The molecule has 2 unspecified atom stereocenters. The summed E-state index contributed by atoms with van der Waals surface area (Å²) in [6.07, 6.45) is 3.46. The molecule has 0 spiro atoms. The van der Waals surface area contributed by atoms with Crippen LogP contribution in [-0.2, 0) is 4.79 Å². The van der Waals surface area contributed by atoms with E-state index in [1.807, 2.05) is 24.8 Å². The van der Waals surface area contributed by atoms with Crippen molar-refractivity contribution in [3.05, 3.63) is 52.3 Å². The Bertz CT molecular complexity index is 781. The van der Waals surface area contributed by atoms with Gasteiger partial charge in [-0.25, -0.2) is 9.97 Å². The van der Waals surface area contributed by atoms with E-state index in [0.29, 0.717) is 29.1 Å². The molecule has 1 amide bonds. The van der Waals surface area contributed by atoms with Crippen LogP contribution in [-0.4, -0.2) is 53.0 Å². The summed E-state index contributed by atoms with van der Waals surface area (Å²) in [5.41, 5.74) is 0.923. The second-order valence-corrected chi connectivity index (χ2v) is 7.48. The lowest BCUT2D eigenvalue weighted by Crippen LogP contribution is -2.54. The third-order valence-corrected chi connectivity index (χ3v) is 5.29. The van der Waals surface area contributed by atoms with Gasteiger partial charge in [-0.15, -0.1) is 0 Å². The van der Waals surface area contributed by atoms with Crippen LogP contribution in [0.25, 0.3) is 0 Å². The van der Waals surface area contributed by atoms with Crippen molar-refractivity contribution in [1.82, 2.24) is 20.2 Å². The van der Waals surface area contributed by atoms with Gasteiger partial charge in [-0.3, -0.25) is 10.1 Å². The Kier molecular flexibility index (Phi) is 6.52. The first-order valence-corrected chi connectivity index (χ1v) is 9.73. The maximum atomic E-state index is 12.8. The molecular formula is C19H23Cl2N5O. The molecule has 144 valence electrons. The van der Waals surface area contributed by atoms with Gasteiger partial charge >= 0.3 is 0 Å². The fourth-order valence-electron chi connectivity index (χ4n) is 3.24. The lowest BCUT2D eigenvalue weighted by Gasteiger charge is -2.36. The molecule has 3 rings (SSSR count). The van der Waals surface area contributed by atoms with E-state index in [-0.39, 0.29) is 18.0 Å². The van der Waals surface area contributed by atoms with Gasteiger partial charge in [-0.1, -0.05) is 29.3 Å². The highest BCUT2D eigenvalue weighted by molar-refractivity contribution is 6.35. The number of benzene rings is 1. The number of rotatable bonds is 5. The summed E-state index contributed by atoms with van der Waals surface area (Å²) in [6, 6.07) is 6.83. The molecular weight excluding hydrogens is 385 g/mol. The highest BCUT2D eigenvalue weighted by Gasteiger charge is 2.27. The zero-order valence-electron chi connectivity index (χ0n) is 15.4. The van der Waals surface area contributed by atoms with Crippen LogP contribution in [0.3, 0.4) is 0 Å². The van der Waals surface area contributed by atoms with Crippen LogP contribution in [0.5, 0.6) is 0 Å². The monoisotopic (exact) mass is 407 g/mol. The number of hydrogen-bond acceptors (Lipinski definition) is 5. The first-order valence-electron chi connectivity index (χ1n) is 8.97. The number of aromatic nitrogens is 2. The molecule has 2 atom stereocenters. The number of anilines is 1. The summed E-state index contributed by atoms with van der Waals surface area (Å²) in [5, 5.41) is 4.53. The summed E-state index contributed by atoms with van der Waals surface area (Å²) in [4.78, 5) is 25.3. The molecule has 6 nitrogen and oxygen atoms in total. The van der Waals surface area contributed by atoms with Gasteiger partial charge < -0.3 is 9.80 Å². The van der Waals surface area contributed by atoms with Gasteiger partial charge in [-0.2, -0.15) is 0 Å². The highest BCUT2D eigenvalue weighted by Crippen LogP contribution is 2.26. The Morgan fingerprint density at radius 2 is 1.78 bits per heavy atom.